The predicted molar refractivity (Wildman–Crippen MR) is 77.3 cm³/mol. The van der Waals surface area contributed by atoms with Crippen LogP contribution >= 0.6 is 23.6 Å². The normalized spacial score (nSPS) is 11.1. The summed E-state index contributed by atoms with van der Waals surface area (Å²) in [5.74, 6) is -0.387. The lowest BCUT2D eigenvalue weighted by Crippen LogP contribution is -2.20. The highest BCUT2D eigenvalue weighted by Gasteiger charge is 2.09. The summed E-state index contributed by atoms with van der Waals surface area (Å²) in [5, 5.41) is 2.37. The lowest BCUT2D eigenvalue weighted by atomic mass is 10.2. The van der Waals surface area contributed by atoms with Gasteiger partial charge in [0.2, 0.25) is 0 Å². The fourth-order valence-corrected chi connectivity index (χ4v) is 3.15. The molecule has 0 radical (unpaired) electrons. The summed E-state index contributed by atoms with van der Waals surface area (Å²) in [7, 11) is 0. The van der Waals surface area contributed by atoms with E-state index in [1.165, 1.54) is 28.0 Å². The molecule has 19 heavy (non-hydrogen) atoms. The smallest absolute Gasteiger partial charge is 0.267 e. The third-order valence-electron chi connectivity index (χ3n) is 2.81. The van der Waals surface area contributed by atoms with Crippen LogP contribution in [0.4, 0.5) is 4.39 Å². The summed E-state index contributed by atoms with van der Waals surface area (Å²) in [5.41, 5.74) is 0.948. The predicted octanol–water partition coefficient (Wildman–Crippen LogP) is 3.56. The molecule has 0 fully saturated rings. The zero-order chi connectivity index (χ0) is 13.6. The Labute approximate surface area is 117 Å². The first kappa shape index (κ1) is 12.3. The molecule has 0 aliphatic carbocycles. The zero-order valence-corrected chi connectivity index (χ0v) is 11.6. The van der Waals surface area contributed by atoms with Crippen LogP contribution < -0.4 is 5.56 Å². The van der Waals surface area contributed by atoms with Crippen LogP contribution in [0.15, 0.2) is 34.4 Å². The average Bonchev–Trinajstić information content (AvgIpc) is 2.75. The van der Waals surface area contributed by atoms with E-state index in [2.05, 4.69) is 4.98 Å². The Morgan fingerprint density at radius 1 is 1.37 bits per heavy atom. The van der Waals surface area contributed by atoms with Crippen molar-refractivity contribution in [1.29, 1.82) is 0 Å². The molecule has 0 aliphatic heterocycles. The molecule has 1 aromatic carbocycles. The van der Waals surface area contributed by atoms with E-state index < -0.39 is 0 Å². The molecule has 0 saturated heterocycles. The molecule has 3 nitrogen and oxygen atoms in total. The van der Waals surface area contributed by atoms with Crippen LogP contribution in [-0.4, -0.2) is 9.55 Å². The number of H-pyrrole nitrogens is 1. The maximum Gasteiger partial charge on any atom is 0.267 e. The monoisotopic (exact) mass is 292 g/mol. The van der Waals surface area contributed by atoms with Gasteiger partial charge < -0.3 is 4.98 Å². The number of nitrogens with one attached hydrogen (secondary N) is 1. The molecular weight excluding hydrogens is 283 g/mol. The Kier molecular flexibility index (Phi) is 2.83. The molecule has 96 valence electrons. The standard InChI is InChI=1S/C13H9FN2OS2/c1-7-4-8(14)6-9(5-7)16-12(17)10-2-3-19-11(10)15-13(16)18/h2-6H,1H3,(H,15,18). The molecule has 1 N–H and O–H groups in total. The molecule has 3 rings (SSSR count). The number of nitrogens with zero attached hydrogens (tertiary/aromatic N) is 1. The van der Waals surface area contributed by atoms with Crippen LogP contribution in [0.3, 0.4) is 0 Å². The Hall–Kier alpha value is -1.79. The van der Waals surface area contributed by atoms with Gasteiger partial charge in [-0.1, -0.05) is 0 Å². The summed E-state index contributed by atoms with van der Waals surface area (Å²) in [6.07, 6.45) is 0. The van der Waals surface area contributed by atoms with Gasteiger partial charge in [0.25, 0.3) is 5.56 Å². The summed E-state index contributed by atoms with van der Waals surface area (Å²) in [6, 6.07) is 6.17. The molecule has 0 unspecified atom stereocenters. The van der Waals surface area contributed by atoms with Crippen molar-refractivity contribution < 1.29 is 4.39 Å². The number of rotatable bonds is 1. The number of aromatic amines is 1. The van der Waals surface area contributed by atoms with Gasteiger partial charge >= 0.3 is 0 Å². The van der Waals surface area contributed by atoms with E-state index in [9.17, 15) is 9.18 Å². The molecule has 0 aliphatic rings. The van der Waals surface area contributed by atoms with Gasteiger partial charge in [0, 0.05) is 0 Å². The Morgan fingerprint density at radius 2 is 2.16 bits per heavy atom. The quantitative estimate of drug-likeness (QED) is 0.696. The van der Waals surface area contributed by atoms with Gasteiger partial charge in [-0.2, -0.15) is 0 Å². The van der Waals surface area contributed by atoms with E-state index in [0.29, 0.717) is 11.1 Å². The van der Waals surface area contributed by atoms with Gasteiger partial charge in [0.1, 0.15) is 10.6 Å². The largest absolute Gasteiger partial charge is 0.323 e. The minimum absolute atomic E-state index is 0.231. The number of thiophene rings is 1. The van der Waals surface area contributed by atoms with Gasteiger partial charge in [-0.15, -0.1) is 11.3 Å². The number of aryl methyl sites for hydroxylation is 1. The van der Waals surface area contributed by atoms with Gasteiger partial charge in [0.15, 0.2) is 4.77 Å². The number of halogens is 1. The van der Waals surface area contributed by atoms with Gasteiger partial charge in [0.05, 0.1) is 11.1 Å². The van der Waals surface area contributed by atoms with E-state index in [-0.39, 0.29) is 16.1 Å². The summed E-state index contributed by atoms with van der Waals surface area (Å²) in [6.45, 7) is 1.77. The highest BCUT2D eigenvalue weighted by atomic mass is 32.1. The van der Waals surface area contributed by atoms with Crippen LogP contribution in [0.2, 0.25) is 0 Å². The molecule has 0 spiro atoms. The Balaban J connectivity index is 2.42. The molecule has 0 amide bonds. The maximum atomic E-state index is 13.5. The zero-order valence-electron chi connectivity index (χ0n) is 9.94. The average molecular weight is 292 g/mol. The fourth-order valence-electron chi connectivity index (χ4n) is 2.02. The fraction of sp³-hybridized carbons (Fsp3) is 0.0769. The second-order valence-electron chi connectivity index (χ2n) is 4.22. The summed E-state index contributed by atoms with van der Waals surface area (Å²) >= 11 is 6.61. The topological polar surface area (TPSA) is 37.8 Å². The first-order valence-electron chi connectivity index (χ1n) is 5.56. The Bertz CT molecular complexity index is 871. The lowest BCUT2D eigenvalue weighted by Gasteiger charge is -2.07. The highest BCUT2D eigenvalue weighted by Crippen LogP contribution is 2.17. The van der Waals surface area contributed by atoms with E-state index in [4.69, 9.17) is 12.2 Å². The van der Waals surface area contributed by atoms with E-state index in [1.807, 2.05) is 5.38 Å². The van der Waals surface area contributed by atoms with Crippen LogP contribution in [0.5, 0.6) is 0 Å². The van der Waals surface area contributed by atoms with Crippen molar-refractivity contribution in [2.75, 3.05) is 0 Å². The molecule has 2 heterocycles. The first-order chi connectivity index (χ1) is 9.06. The molecule has 6 heteroatoms. The second kappa shape index (κ2) is 4.40. The van der Waals surface area contributed by atoms with Crippen LogP contribution in [0, 0.1) is 17.5 Å². The molecular formula is C13H9FN2OS2. The minimum atomic E-state index is -0.387. The first-order valence-corrected chi connectivity index (χ1v) is 6.85. The number of benzene rings is 1. The molecule has 0 atom stereocenters. The van der Waals surface area contributed by atoms with E-state index in [0.717, 1.165) is 10.4 Å². The van der Waals surface area contributed by atoms with Crippen LogP contribution in [0.1, 0.15) is 5.56 Å². The summed E-state index contributed by atoms with van der Waals surface area (Å²) < 4.78 is 15.1. The SMILES string of the molecule is Cc1cc(F)cc(-n2c(=S)[nH]c3sccc3c2=O)c1. The van der Waals surface area contributed by atoms with Crippen molar-refractivity contribution in [2.24, 2.45) is 0 Å². The second-order valence-corrected chi connectivity index (χ2v) is 5.52. The van der Waals surface area contributed by atoms with E-state index in [1.54, 1.807) is 19.1 Å². The van der Waals surface area contributed by atoms with Crippen molar-refractivity contribution in [3.05, 3.63) is 56.2 Å². The molecule has 0 bridgehead atoms. The maximum absolute atomic E-state index is 13.5. The van der Waals surface area contributed by atoms with Crippen molar-refractivity contribution in [3.63, 3.8) is 0 Å². The van der Waals surface area contributed by atoms with E-state index >= 15 is 0 Å². The van der Waals surface area contributed by atoms with Crippen LogP contribution in [-0.2, 0) is 0 Å². The van der Waals surface area contributed by atoms with Crippen molar-refractivity contribution in [1.82, 2.24) is 9.55 Å². The number of aromatic nitrogens is 2. The molecule has 0 saturated carbocycles. The lowest BCUT2D eigenvalue weighted by molar-refractivity contribution is 0.625. The minimum Gasteiger partial charge on any atom is -0.323 e. The van der Waals surface area contributed by atoms with Gasteiger partial charge in [-0.3, -0.25) is 9.36 Å². The number of fused-ring (bicyclic) bond motifs is 1. The van der Waals surface area contributed by atoms with Crippen LogP contribution in [0.25, 0.3) is 15.9 Å². The third-order valence-corrected chi connectivity index (χ3v) is 3.92. The van der Waals surface area contributed by atoms with Crippen molar-refractivity contribution in [3.8, 4) is 5.69 Å². The number of hydrogen-bond donors (Lipinski definition) is 1. The Morgan fingerprint density at radius 3 is 2.89 bits per heavy atom. The molecule has 3 aromatic rings. The van der Waals surface area contributed by atoms with Crippen molar-refractivity contribution in [2.45, 2.75) is 6.92 Å². The highest BCUT2D eigenvalue weighted by molar-refractivity contribution is 7.71. The van der Waals surface area contributed by atoms with Gasteiger partial charge in [-0.25, -0.2) is 4.39 Å². The van der Waals surface area contributed by atoms with Crippen molar-refractivity contribution >= 4 is 33.8 Å². The third kappa shape index (κ3) is 2.02. The summed E-state index contributed by atoms with van der Waals surface area (Å²) in [4.78, 5) is 16.1. The molecule has 2 aromatic heterocycles. The number of hydrogen-bond acceptors (Lipinski definition) is 3. The van der Waals surface area contributed by atoms with Gasteiger partial charge in [-0.05, 0) is 54.4 Å².